The van der Waals surface area contributed by atoms with Gasteiger partial charge in [0, 0.05) is 6.07 Å². The van der Waals surface area contributed by atoms with Crippen LogP contribution in [-0.2, 0) is 0 Å². The highest BCUT2D eigenvalue weighted by Crippen LogP contribution is 2.33. The highest BCUT2D eigenvalue weighted by atomic mass is 16.7. The number of nitrogens with zero attached hydrogens (tertiary/aromatic N) is 2. The summed E-state index contributed by atoms with van der Waals surface area (Å²) in [5.41, 5.74) is 3.22. The van der Waals surface area contributed by atoms with Gasteiger partial charge in [-0.15, -0.1) is 0 Å². The molecule has 2 heterocycles. The predicted octanol–water partition coefficient (Wildman–Crippen LogP) is 4.25. The van der Waals surface area contributed by atoms with E-state index in [9.17, 15) is 4.79 Å². The number of esters is 1. The van der Waals surface area contributed by atoms with Crippen LogP contribution in [0.15, 0.2) is 48.5 Å². The lowest BCUT2D eigenvalue weighted by Crippen LogP contribution is -2.11. The Labute approximate surface area is 157 Å². The molecule has 27 heavy (non-hydrogen) atoms. The van der Waals surface area contributed by atoms with Crippen molar-refractivity contribution in [3.63, 3.8) is 0 Å². The summed E-state index contributed by atoms with van der Waals surface area (Å²) in [6, 6.07) is 14.7. The Hall–Kier alpha value is -3.28. The molecule has 3 aromatic rings. The third-order valence-electron chi connectivity index (χ3n) is 4.37. The van der Waals surface area contributed by atoms with Gasteiger partial charge in [-0.2, -0.15) is 5.10 Å². The minimum Gasteiger partial charge on any atom is -0.454 e. The van der Waals surface area contributed by atoms with Crippen molar-refractivity contribution < 1.29 is 19.0 Å². The molecular weight excluding hydrogens is 344 g/mol. The number of hydrogen-bond donors (Lipinski definition) is 0. The van der Waals surface area contributed by atoms with E-state index in [0.717, 1.165) is 16.9 Å². The number of carbonyl (C=O) groups is 1. The Kier molecular flexibility index (Phi) is 4.32. The lowest BCUT2D eigenvalue weighted by Gasteiger charge is -2.08. The molecule has 4 rings (SSSR count). The Morgan fingerprint density at radius 2 is 1.81 bits per heavy atom. The number of carbonyl (C=O) groups excluding carboxylic acids is 1. The van der Waals surface area contributed by atoms with E-state index in [0.29, 0.717) is 22.9 Å². The van der Waals surface area contributed by atoms with Gasteiger partial charge in [0.25, 0.3) is 0 Å². The van der Waals surface area contributed by atoms with E-state index in [1.165, 1.54) is 0 Å². The molecule has 138 valence electrons. The zero-order valence-electron chi connectivity index (χ0n) is 15.4. The van der Waals surface area contributed by atoms with Crippen molar-refractivity contribution in [2.24, 2.45) is 0 Å². The second-order valence-corrected chi connectivity index (χ2v) is 6.77. The first kappa shape index (κ1) is 17.1. The molecule has 1 aliphatic rings. The van der Waals surface area contributed by atoms with E-state index in [1.807, 2.05) is 45.0 Å². The first-order valence-corrected chi connectivity index (χ1v) is 8.80. The maximum atomic E-state index is 12.7. The normalized spacial score (nSPS) is 12.4. The zero-order valence-corrected chi connectivity index (χ0v) is 15.4. The second kappa shape index (κ2) is 6.79. The number of fused-ring (bicyclic) bond motifs is 1. The van der Waals surface area contributed by atoms with Crippen LogP contribution >= 0.6 is 0 Å². The summed E-state index contributed by atoms with van der Waals surface area (Å²) < 4.78 is 17.9. The van der Waals surface area contributed by atoms with E-state index >= 15 is 0 Å². The van der Waals surface area contributed by atoms with Crippen LogP contribution < -0.4 is 14.2 Å². The zero-order chi connectivity index (χ0) is 19.0. The van der Waals surface area contributed by atoms with Crippen molar-refractivity contribution in [3.05, 3.63) is 65.4 Å². The number of ether oxygens (including phenoxy) is 3. The molecule has 0 saturated carbocycles. The summed E-state index contributed by atoms with van der Waals surface area (Å²) in [5.74, 6) is 1.28. The lowest BCUT2D eigenvalue weighted by molar-refractivity contribution is 0.0722. The number of aryl methyl sites for hydroxylation is 1. The van der Waals surface area contributed by atoms with E-state index in [-0.39, 0.29) is 12.7 Å². The molecule has 2 aromatic carbocycles. The van der Waals surface area contributed by atoms with Gasteiger partial charge < -0.3 is 14.2 Å². The molecule has 6 heteroatoms. The minimum atomic E-state index is -0.475. The quantitative estimate of drug-likeness (QED) is 0.648. The third-order valence-corrected chi connectivity index (χ3v) is 4.37. The molecule has 0 N–H and O–H groups in total. The smallest absolute Gasteiger partial charge is 0.344 e. The first-order valence-electron chi connectivity index (χ1n) is 8.80. The third kappa shape index (κ3) is 3.38. The fourth-order valence-electron chi connectivity index (χ4n) is 2.78. The molecule has 0 aliphatic carbocycles. The summed E-state index contributed by atoms with van der Waals surface area (Å²) >= 11 is 0. The van der Waals surface area contributed by atoms with Crippen molar-refractivity contribution in [1.82, 2.24) is 9.78 Å². The van der Waals surface area contributed by atoms with Gasteiger partial charge in [0.2, 0.25) is 12.7 Å². The van der Waals surface area contributed by atoms with Crippen LogP contribution in [0, 0.1) is 6.92 Å². The summed E-state index contributed by atoms with van der Waals surface area (Å²) in [4.78, 5) is 12.7. The lowest BCUT2D eigenvalue weighted by atomic mass is 10.1. The predicted molar refractivity (Wildman–Crippen MR) is 99.9 cm³/mol. The molecule has 1 aromatic heterocycles. The van der Waals surface area contributed by atoms with Crippen LogP contribution in [0.4, 0.5) is 0 Å². The number of benzene rings is 2. The van der Waals surface area contributed by atoms with Gasteiger partial charge in [-0.05, 0) is 43.2 Å². The van der Waals surface area contributed by atoms with Crippen molar-refractivity contribution in [2.45, 2.75) is 26.7 Å². The summed E-state index contributed by atoms with van der Waals surface area (Å²) in [7, 11) is 0. The highest BCUT2D eigenvalue weighted by Gasteiger charge is 2.20. The Balaban J connectivity index is 1.66. The van der Waals surface area contributed by atoms with Crippen molar-refractivity contribution in [1.29, 1.82) is 0 Å². The minimum absolute atomic E-state index is 0.159. The monoisotopic (exact) mass is 364 g/mol. The molecular formula is C21H20N2O4. The number of rotatable bonds is 4. The van der Waals surface area contributed by atoms with Crippen molar-refractivity contribution in [2.75, 3.05) is 6.79 Å². The molecule has 0 fully saturated rings. The Bertz CT molecular complexity index is 990. The molecule has 0 spiro atoms. The van der Waals surface area contributed by atoms with Crippen LogP contribution in [-0.4, -0.2) is 22.5 Å². The average Bonchev–Trinajstić information content (AvgIpc) is 3.28. The Morgan fingerprint density at radius 1 is 1.07 bits per heavy atom. The Morgan fingerprint density at radius 3 is 2.56 bits per heavy atom. The van der Waals surface area contributed by atoms with Gasteiger partial charge in [0.05, 0.1) is 16.9 Å². The van der Waals surface area contributed by atoms with Gasteiger partial charge in [-0.1, -0.05) is 31.5 Å². The average molecular weight is 364 g/mol. The van der Waals surface area contributed by atoms with Crippen molar-refractivity contribution >= 4 is 5.97 Å². The van der Waals surface area contributed by atoms with Crippen molar-refractivity contribution in [3.8, 4) is 23.1 Å². The molecule has 0 atom stereocenters. The fraction of sp³-hybridized carbons (Fsp3) is 0.238. The molecule has 0 radical (unpaired) electrons. The second-order valence-electron chi connectivity index (χ2n) is 6.77. The van der Waals surface area contributed by atoms with E-state index in [4.69, 9.17) is 14.2 Å². The maximum Gasteiger partial charge on any atom is 0.344 e. The molecule has 0 amide bonds. The topological polar surface area (TPSA) is 62.6 Å². The largest absolute Gasteiger partial charge is 0.454 e. The van der Waals surface area contributed by atoms with Gasteiger partial charge in [-0.25, -0.2) is 9.48 Å². The van der Waals surface area contributed by atoms with E-state index in [2.05, 4.69) is 5.10 Å². The molecule has 1 aliphatic heterocycles. The number of hydrogen-bond acceptors (Lipinski definition) is 5. The SMILES string of the molecule is Cc1ccc(-n2nc(C(C)C)cc2OC(=O)c2ccc3c(c2)OCO3)cc1. The van der Waals surface area contributed by atoms with Crippen LogP contribution in [0.2, 0.25) is 0 Å². The van der Waals surface area contributed by atoms with Crippen LogP contribution in [0.25, 0.3) is 5.69 Å². The molecule has 6 nitrogen and oxygen atoms in total. The highest BCUT2D eigenvalue weighted by molar-refractivity contribution is 5.91. The molecule has 0 saturated heterocycles. The van der Waals surface area contributed by atoms with Crippen LogP contribution in [0.1, 0.15) is 41.4 Å². The fourth-order valence-corrected chi connectivity index (χ4v) is 2.78. The van der Waals surface area contributed by atoms with E-state index in [1.54, 1.807) is 28.9 Å². The standard InChI is InChI=1S/C21H20N2O4/c1-13(2)17-11-20(23(22-17)16-7-4-14(3)5-8-16)27-21(24)15-6-9-18-19(10-15)26-12-25-18/h4-11,13H,12H2,1-3H3. The van der Waals surface area contributed by atoms with Gasteiger partial charge in [0.1, 0.15) is 0 Å². The van der Waals surface area contributed by atoms with Gasteiger partial charge >= 0.3 is 5.97 Å². The van der Waals surface area contributed by atoms with Crippen LogP contribution in [0.5, 0.6) is 17.4 Å². The summed E-state index contributed by atoms with van der Waals surface area (Å²) in [5, 5.41) is 4.61. The number of aromatic nitrogens is 2. The maximum absolute atomic E-state index is 12.7. The summed E-state index contributed by atoms with van der Waals surface area (Å²) in [6.07, 6.45) is 0. The molecule has 0 bridgehead atoms. The molecule has 0 unspecified atom stereocenters. The van der Waals surface area contributed by atoms with Gasteiger partial charge in [-0.3, -0.25) is 0 Å². The summed E-state index contributed by atoms with van der Waals surface area (Å²) in [6.45, 7) is 6.27. The van der Waals surface area contributed by atoms with Gasteiger partial charge in [0.15, 0.2) is 11.5 Å². The first-order chi connectivity index (χ1) is 13.0. The van der Waals surface area contributed by atoms with Crippen LogP contribution in [0.3, 0.4) is 0 Å². The van der Waals surface area contributed by atoms with E-state index < -0.39 is 5.97 Å².